The number of halogens is 1. The van der Waals surface area contributed by atoms with E-state index in [0.717, 1.165) is 56.1 Å². The number of hydrogen-bond donors (Lipinski definition) is 3. The van der Waals surface area contributed by atoms with E-state index in [0.29, 0.717) is 12.5 Å². The molecule has 0 bridgehead atoms. The molecule has 5 heteroatoms. The van der Waals surface area contributed by atoms with E-state index in [1.165, 1.54) is 6.07 Å². The van der Waals surface area contributed by atoms with Crippen LogP contribution in [0.25, 0.3) is 0 Å². The number of nitrogens with one attached hydrogen (secondary N) is 2. The van der Waals surface area contributed by atoms with Gasteiger partial charge < -0.3 is 15.7 Å². The minimum Gasteiger partial charge on any atom is -0.393 e. The molecule has 1 aromatic carbocycles. The highest BCUT2D eigenvalue weighted by Crippen LogP contribution is 2.30. The summed E-state index contributed by atoms with van der Waals surface area (Å²) >= 11 is 0. The van der Waals surface area contributed by atoms with Gasteiger partial charge in [-0.25, -0.2) is 9.18 Å². The molecule has 2 aliphatic rings. The molecule has 0 spiro atoms. The van der Waals surface area contributed by atoms with Gasteiger partial charge >= 0.3 is 6.03 Å². The zero-order chi connectivity index (χ0) is 16.2. The molecule has 0 aromatic heterocycles. The van der Waals surface area contributed by atoms with Crippen molar-refractivity contribution in [2.45, 2.75) is 57.1 Å². The van der Waals surface area contributed by atoms with Crippen LogP contribution >= 0.6 is 0 Å². The Kier molecular flexibility index (Phi) is 5.16. The fourth-order valence-electron chi connectivity index (χ4n) is 3.83. The summed E-state index contributed by atoms with van der Waals surface area (Å²) < 4.78 is 13.3. The smallest absolute Gasteiger partial charge is 0.315 e. The maximum atomic E-state index is 13.3. The van der Waals surface area contributed by atoms with Crippen molar-refractivity contribution < 1.29 is 14.3 Å². The van der Waals surface area contributed by atoms with E-state index < -0.39 is 0 Å². The van der Waals surface area contributed by atoms with Crippen LogP contribution in [0.15, 0.2) is 18.2 Å². The van der Waals surface area contributed by atoms with Crippen molar-refractivity contribution in [2.75, 3.05) is 6.54 Å². The third-order valence-corrected chi connectivity index (χ3v) is 5.03. The van der Waals surface area contributed by atoms with E-state index in [-0.39, 0.29) is 24.0 Å². The van der Waals surface area contributed by atoms with E-state index in [9.17, 15) is 14.3 Å². The summed E-state index contributed by atoms with van der Waals surface area (Å²) in [4.78, 5) is 12.2. The molecular formula is C18H25FN2O2. The van der Waals surface area contributed by atoms with Gasteiger partial charge in [-0.2, -0.15) is 0 Å². The summed E-state index contributed by atoms with van der Waals surface area (Å²) in [7, 11) is 0. The highest BCUT2D eigenvalue weighted by Gasteiger charge is 2.23. The van der Waals surface area contributed by atoms with Gasteiger partial charge in [-0.3, -0.25) is 0 Å². The maximum absolute atomic E-state index is 13.3. The Labute approximate surface area is 136 Å². The van der Waals surface area contributed by atoms with Gasteiger partial charge in [-0.15, -0.1) is 0 Å². The van der Waals surface area contributed by atoms with Crippen molar-refractivity contribution in [3.8, 4) is 0 Å². The topological polar surface area (TPSA) is 61.4 Å². The molecule has 3 N–H and O–H groups in total. The Bertz CT molecular complexity index is 564. The summed E-state index contributed by atoms with van der Waals surface area (Å²) in [5, 5.41) is 15.6. The van der Waals surface area contributed by atoms with Crippen molar-refractivity contribution in [3.63, 3.8) is 0 Å². The molecule has 2 aliphatic carbocycles. The number of urea groups is 1. The summed E-state index contributed by atoms with van der Waals surface area (Å²) in [6.45, 7) is 0.603. The molecule has 1 fully saturated rings. The van der Waals surface area contributed by atoms with Crippen LogP contribution in [0.3, 0.4) is 0 Å². The van der Waals surface area contributed by atoms with Crippen molar-refractivity contribution in [2.24, 2.45) is 5.92 Å². The quantitative estimate of drug-likeness (QED) is 0.801. The lowest BCUT2D eigenvalue weighted by molar-refractivity contribution is 0.101. The summed E-state index contributed by atoms with van der Waals surface area (Å²) in [5.41, 5.74) is 2.03. The monoisotopic (exact) mass is 320 g/mol. The minimum absolute atomic E-state index is 0.0451. The normalized spacial score (nSPS) is 27.1. The first-order valence-corrected chi connectivity index (χ1v) is 8.62. The number of aliphatic hydroxyl groups is 1. The average molecular weight is 320 g/mol. The van der Waals surface area contributed by atoms with Gasteiger partial charge in [0.25, 0.3) is 0 Å². The van der Waals surface area contributed by atoms with Crippen molar-refractivity contribution in [1.82, 2.24) is 10.6 Å². The van der Waals surface area contributed by atoms with E-state index in [4.69, 9.17) is 0 Å². The maximum Gasteiger partial charge on any atom is 0.315 e. The Morgan fingerprint density at radius 3 is 2.96 bits per heavy atom. The molecule has 0 unspecified atom stereocenters. The molecular weight excluding hydrogens is 295 g/mol. The molecule has 23 heavy (non-hydrogen) atoms. The fourth-order valence-corrected chi connectivity index (χ4v) is 3.83. The number of fused-ring (bicyclic) bond motifs is 1. The fraction of sp³-hybridized carbons (Fsp3) is 0.611. The zero-order valence-electron chi connectivity index (χ0n) is 13.4. The minimum atomic E-state index is -0.223. The number of amides is 2. The van der Waals surface area contributed by atoms with Crippen LogP contribution in [0.4, 0.5) is 9.18 Å². The van der Waals surface area contributed by atoms with Gasteiger partial charge in [0.2, 0.25) is 0 Å². The van der Waals surface area contributed by atoms with E-state index in [1.807, 2.05) is 0 Å². The SMILES string of the molecule is O=C(NC[C@@H]1CCC[C@H](O)C1)N[C@H]1CCCc2cc(F)ccc21. The first-order chi connectivity index (χ1) is 11.1. The Morgan fingerprint density at radius 1 is 1.26 bits per heavy atom. The molecule has 0 radical (unpaired) electrons. The van der Waals surface area contributed by atoms with Gasteiger partial charge in [-0.1, -0.05) is 12.5 Å². The van der Waals surface area contributed by atoms with Crippen LogP contribution in [0, 0.1) is 11.7 Å². The van der Waals surface area contributed by atoms with Gasteiger partial charge in [0.1, 0.15) is 5.82 Å². The average Bonchev–Trinajstić information content (AvgIpc) is 2.53. The summed E-state index contributed by atoms with van der Waals surface area (Å²) in [5.74, 6) is 0.141. The molecule has 1 saturated carbocycles. The highest BCUT2D eigenvalue weighted by atomic mass is 19.1. The molecule has 1 aromatic rings. The molecule has 0 aliphatic heterocycles. The van der Waals surface area contributed by atoms with Crippen LogP contribution in [-0.4, -0.2) is 23.8 Å². The second-order valence-electron chi connectivity index (χ2n) is 6.83. The van der Waals surface area contributed by atoms with Crippen LogP contribution in [0.5, 0.6) is 0 Å². The van der Waals surface area contributed by atoms with Gasteiger partial charge in [-0.05, 0) is 67.7 Å². The number of aliphatic hydroxyl groups excluding tert-OH is 1. The predicted octanol–water partition coefficient (Wildman–Crippen LogP) is 3.05. The third-order valence-electron chi connectivity index (χ3n) is 5.03. The highest BCUT2D eigenvalue weighted by molar-refractivity contribution is 5.74. The molecule has 2 amide bonds. The summed E-state index contributed by atoms with van der Waals surface area (Å²) in [6, 6.07) is 4.60. The van der Waals surface area contributed by atoms with Crippen molar-refractivity contribution >= 4 is 6.03 Å². The lowest BCUT2D eigenvalue weighted by Crippen LogP contribution is -2.42. The van der Waals surface area contributed by atoms with Gasteiger partial charge in [0, 0.05) is 6.54 Å². The van der Waals surface area contributed by atoms with Crippen LogP contribution in [0.1, 0.15) is 55.7 Å². The van der Waals surface area contributed by atoms with Crippen molar-refractivity contribution in [3.05, 3.63) is 35.1 Å². The van der Waals surface area contributed by atoms with E-state index >= 15 is 0 Å². The van der Waals surface area contributed by atoms with Crippen LogP contribution in [0.2, 0.25) is 0 Å². The van der Waals surface area contributed by atoms with Crippen LogP contribution < -0.4 is 10.6 Å². The lowest BCUT2D eigenvalue weighted by atomic mass is 9.87. The van der Waals surface area contributed by atoms with E-state index in [2.05, 4.69) is 10.6 Å². The number of benzene rings is 1. The Morgan fingerprint density at radius 2 is 2.13 bits per heavy atom. The number of aryl methyl sites for hydroxylation is 1. The number of carbonyl (C=O) groups excluding carboxylic acids is 1. The Hall–Kier alpha value is -1.62. The number of carbonyl (C=O) groups is 1. The van der Waals surface area contributed by atoms with Crippen LogP contribution in [-0.2, 0) is 6.42 Å². The molecule has 0 saturated heterocycles. The van der Waals surface area contributed by atoms with Gasteiger partial charge in [0.15, 0.2) is 0 Å². The molecule has 3 rings (SSSR count). The Balaban J connectivity index is 1.52. The second-order valence-corrected chi connectivity index (χ2v) is 6.83. The van der Waals surface area contributed by atoms with Gasteiger partial charge in [0.05, 0.1) is 12.1 Å². The lowest BCUT2D eigenvalue weighted by Gasteiger charge is -2.28. The second kappa shape index (κ2) is 7.30. The largest absolute Gasteiger partial charge is 0.393 e. The van der Waals surface area contributed by atoms with E-state index in [1.54, 1.807) is 12.1 Å². The number of hydrogen-bond acceptors (Lipinski definition) is 2. The zero-order valence-corrected chi connectivity index (χ0v) is 13.4. The molecule has 0 heterocycles. The first kappa shape index (κ1) is 16.2. The number of rotatable bonds is 3. The molecule has 126 valence electrons. The first-order valence-electron chi connectivity index (χ1n) is 8.62. The standard InChI is InChI=1S/C18H25FN2O2/c19-14-7-8-16-13(10-14)4-2-6-17(16)21-18(23)20-11-12-3-1-5-15(22)9-12/h7-8,10,12,15,17,22H,1-6,9,11H2,(H2,20,21,23)/t12-,15+,17+/m1/s1. The summed E-state index contributed by atoms with van der Waals surface area (Å²) in [6.07, 6.45) is 6.21. The predicted molar refractivity (Wildman–Crippen MR) is 86.6 cm³/mol. The van der Waals surface area contributed by atoms with Crippen molar-refractivity contribution in [1.29, 1.82) is 0 Å². The molecule has 3 atom stereocenters. The molecule has 4 nitrogen and oxygen atoms in total. The third kappa shape index (κ3) is 4.22.